The minimum atomic E-state index is -4.64. The number of phosphoric acid groups is 2. The molecule has 4 unspecified atom stereocenters. The Balaban J connectivity index is 4.41. The Labute approximate surface area is 370 Å². The maximum atomic E-state index is 12.4. The first-order chi connectivity index (χ1) is 29.8. The minimum Gasteiger partial charge on any atom is -0.463 e. The van der Waals surface area contributed by atoms with Crippen molar-refractivity contribution in [2.24, 2.45) is 0 Å². The fraction of sp³-hybridized carbons (Fsp3) is 0.744. The lowest BCUT2D eigenvalue weighted by molar-refractivity contribution is -0.150. The molecule has 6 N–H and O–H groups in total. The number of nitrogens with one attached hydrogen (secondary N) is 4. The summed E-state index contributed by atoms with van der Waals surface area (Å²) in [5.41, 5.74) is 0. The molecule has 6 atom stereocenters. The first-order valence-electron chi connectivity index (χ1n) is 20.8. The van der Waals surface area contributed by atoms with E-state index in [1.807, 2.05) is 38.2 Å². The Morgan fingerprint density at radius 1 is 0.587 bits per heavy atom. The number of rotatable bonds is 38. The van der Waals surface area contributed by atoms with Crippen LogP contribution in [0.15, 0.2) is 24.3 Å². The third kappa shape index (κ3) is 37.5. The van der Waals surface area contributed by atoms with Gasteiger partial charge in [-0.1, -0.05) is 24.3 Å². The van der Waals surface area contributed by atoms with E-state index in [2.05, 4.69) is 21.3 Å². The van der Waals surface area contributed by atoms with Gasteiger partial charge in [-0.05, 0) is 53.4 Å². The lowest BCUT2D eigenvalue weighted by atomic mass is 10.2. The molecule has 0 rings (SSSR count). The lowest BCUT2D eigenvalue weighted by Crippen LogP contribution is -2.40. The zero-order chi connectivity index (χ0) is 47.5. The van der Waals surface area contributed by atoms with Crippen molar-refractivity contribution >= 4 is 51.2 Å². The quantitative estimate of drug-likeness (QED) is 0.0170. The summed E-state index contributed by atoms with van der Waals surface area (Å²) in [6.45, 7) is 7.51. The van der Waals surface area contributed by atoms with Crippen LogP contribution in [0.4, 0.5) is 0 Å². The number of esters is 2. The molecule has 0 saturated heterocycles. The average Bonchev–Trinajstić information content (AvgIpc) is 3.19. The van der Waals surface area contributed by atoms with Crippen molar-refractivity contribution in [3.05, 3.63) is 24.3 Å². The molecule has 0 fully saturated rings. The average molecular weight is 945 g/mol. The number of phosphoric ester groups is 2. The Morgan fingerprint density at radius 2 is 0.968 bits per heavy atom. The summed E-state index contributed by atoms with van der Waals surface area (Å²) in [4.78, 5) is 91.5. The van der Waals surface area contributed by atoms with Gasteiger partial charge in [-0.2, -0.15) is 0 Å². The molecule has 0 aromatic carbocycles. The predicted octanol–water partition coefficient (Wildman–Crippen LogP) is 3.06. The van der Waals surface area contributed by atoms with Gasteiger partial charge in [0, 0.05) is 52.6 Å². The van der Waals surface area contributed by atoms with Gasteiger partial charge in [-0.15, -0.1) is 0 Å². The highest BCUT2D eigenvalue weighted by atomic mass is 31.2. The number of hydrogen-bond donors (Lipinski definition) is 6. The molecule has 364 valence electrons. The highest BCUT2D eigenvalue weighted by molar-refractivity contribution is 7.47. The van der Waals surface area contributed by atoms with Gasteiger partial charge in [0.15, 0.2) is 0 Å². The molecule has 0 aliphatic heterocycles. The van der Waals surface area contributed by atoms with Gasteiger partial charge in [0.25, 0.3) is 0 Å². The molecule has 24 heteroatoms. The molecule has 0 saturated carbocycles. The molecule has 0 radical (unpaired) electrons. The minimum absolute atomic E-state index is 0.0844. The van der Waals surface area contributed by atoms with Gasteiger partial charge in [-0.25, -0.2) is 9.13 Å². The summed E-state index contributed by atoms with van der Waals surface area (Å²) >= 11 is 0. The fourth-order valence-corrected chi connectivity index (χ4v) is 6.48. The number of carbonyl (C=O) groups is 6. The summed E-state index contributed by atoms with van der Waals surface area (Å²) in [7, 11) is -9.27. The predicted molar refractivity (Wildman–Crippen MR) is 229 cm³/mol. The highest BCUT2D eigenvalue weighted by Crippen LogP contribution is 2.43. The molecular weight excluding hydrogens is 874 g/mol. The standard InChI is InChI=1S/C39H70N4O18P2/c1-7-9-11-13-15-38(48)60-30(3)17-21-54-26-34(42-32(5)44)28-58-62(50,51)56-23-19-40-36(46)25-37(47)41-20-24-57-63(52,53)59-29-35(43-33(6)45)27-55-22-18-31(4)61-39(49)16-14-12-10-8-2/h7-10,30-31,34-35H,11-29H2,1-6H3,(H,40,46)(H,41,47)(H,42,44)(H,43,45)(H,50,51)(H,52,53)/b9-7-,10-8-/t30-,31-,34?,35?/m1/s1. The second kappa shape index (κ2) is 35.7. The number of hydrogen-bond acceptors (Lipinski definition) is 16. The molecule has 4 amide bonds. The smallest absolute Gasteiger partial charge is 0.463 e. The molecule has 0 aliphatic carbocycles. The van der Waals surface area contributed by atoms with Crippen LogP contribution in [0, 0.1) is 0 Å². The SMILES string of the molecule is C/C=C\CCCC(=O)O[C@H](C)CCOCC(COP(=O)(O)OCCNC(=O)CC(=O)NCCOP(=O)(O)OCC(COCC[C@@H](C)OC(=O)CCC/C=C\C)NC(C)=O)NC(C)=O. The summed E-state index contributed by atoms with van der Waals surface area (Å²) in [6.07, 6.45) is 10.6. The van der Waals surface area contributed by atoms with E-state index in [1.54, 1.807) is 13.8 Å². The number of unbranched alkanes of at least 4 members (excludes halogenated alkanes) is 2. The molecule has 63 heavy (non-hydrogen) atoms. The van der Waals surface area contributed by atoms with Crippen LogP contribution in [0.1, 0.15) is 99.3 Å². The van der Waals surface area contributed by atoms with Crippen molar-refractivity contribution < 1.29 is 84.7 Å². The normalized spacial score (nSPS) is 15.4. The zero-order valence-corrected chi connectivity index (χ0v) is 39.2. The van der Waals surface area contributed by atoms with Gasteiger partial charge < -0.3 is 50.0 Å². The van der Waals surface area contributed by atoms with Crippen LogP contribution in [-0.4, -0.2) is 136 Å². The monoisotopic (exact) mass is 944 g/mol. The van der Waals surface area contributed by atoms with Crippen molar-refractivity contribution in [2.75, 3.05) is 65.9 Å². The van der Waals surface area contributed by atoms with Crippen molar-refractivity contribution in [1.82, 2.24) is 21.3 Å². The maximum Gasteiger partial charge on any atom is 0.472 e. The Bertz CT molecular complexity index is 1410. The molecule has 0 aromatic heterocycles. The van der Waals surface area contributed by atoms with E-state index in [0.29, 0.717) is 38.5 Å². The largest absolute Gasteiger partial charge is 0.472 e. The van der Waals surface area contributed by atoms with Crippen LogP contribution < -0.4 is 21.3 Å². The Morgan fingerprint density at radius 3 is 1.32 bits per heavy atom. The van der Waals surface area contributed by atoms with Crippen LogP contribution in [0.5, 0.6) is 0 Å². The van der Waals surface area contributed by atoms with E-state index < -0.39 is 96.4 Å². The van der Waals surface area contributed by atoms with Crippen molar-refractivity contribution in [2.45, 2.75) is 124 Å². The van der Waals surface area contributed by atoms with Gasteiger partial charge in [-0.3, -0.25) is 46.9 Å². The van der Waals surface area contributed by atoms with E-state index in [1.165, 1.54) is 13.8 Å². The first-order valence-corrected chi connectivity index (χ1v) is 23.8. The fourth-order valence-electron chi connectivity index (χ4n) is 4.95. The van der Waals surface area contributed by atoms with Crippen molar-refractivity contribution in [1.29, 1.82) is 0 Å². The molecule has 0 aromatic rings. The summed E-state index contributed by atoms with van der Waals surface area (Å²) in [5.74, 6) is -3.05. The van der Waals surface area contributed by atoms with Crippen LogP contribution >= 0.6 is 15.6 Å². The second-order valence-electron chi connectivity index (χ2n) is 14.1. The summed E-state index contributed by atoms with van der Waals surface area (Å²) in [5, 5.41) is 9.72. The number of ether oxygens (including phenoxy) is 4. The summed E-state index contributed by atoms with van der Waals surface area (Å²) < 4.78 is 66.1. The molecule has 0 heterocycles. The van der Waals surface area contributed by atoms with Crippen molar-refractivity contribution in [3.8, 4) is 0 Å². The zero-order valence-electron chi connectivity index (χ0n) is 37.4. The Hall–Kier alpha value is -3.56. The van der Waals surface area contributed by atoms with Crippen LogP contribution in [0.2, 0.25) is 0 Å². The second-order valence-corrected chi connectivity index (χ2v) is 17.0. The highest BCUT2D eigenvalue weighted by Gasteiger charge is 2.26. The van der Waals surface area contributed by atoms with Gasteiger partial charge in [0.1, 0.15) is 18.6 Å². The summed E-state index contributed by atoms with van der Waals surface area (Å²) in [6, 6.07) is -1.64. The number of amides is 4. The van der Waals surface area contributed by atoms with E-state index >= 15 is 0 Å². The third-order valence-corrected chi connectivity index (χ3v) is 9.95. The molecule has 22 nitrogen and oxygen atoms in total. The van der Waals surface area contributed by atoms with Gasteiger partial charge in [0.2, 0.25) is 23.6 Å². The van der Waals surface area contributed by atoms with Crippen molar-refractivity contribution in [3.63, 3.8) is 0 Å². The molecule has 0 aliphatic rings. The van der Waals surface area contributed by atoms with E-state index in [0.717, 1.165) is 12.8 Å². The van der Waals surface area contributed by atoms with Gasteiger partial charge in [0.05, 0.1) is 64.9 Å². The van der Waals surface area contributed by atoms with Gasteiger partial charge >= 0.3 is 27.6 Å². The van der Waals surface area contributed by atoms with Crippen LogP contribution in [0.25, 0.3) is 0 Å². The van der Waals surface area contributed by atoms with Crippen LogP contribution in [-0.2, 0) is 74.9 Å². The molecular formula is C39H70N4O18P2. The lowest BCUT2D eigenvalue weighted by Gasteiger charge is -2.20. The molecule has 0 bridgehead atoms. The number of allylic oxidation sites excluding steroid dienone is 4. The topological polar surface area (TPSA) is 299 Å². The van der Waals surface area contributed by atoms with Crippen LogP contribution in [0.3, 0.4) is 0 Å². The maximum absolute atomic E-state index is 12.4. The first kappa shape index (κ1) is 59.4. The van der Waals surface area contributed by atoms with E-state index in [9.17, 15) is 47.7 Å². The van der Waals surface area contributed by atoms with E-state index in [-0.39, 0.29) is 51.5 Å². The Kier molecular flexibility index (Phi) is 33.7. The molecule has 0 spiro atoms. The number of carbonyl (C=O) groups excluding carboxylic acids is 6. The third-order valence-electron chi connectivity index (χ3n) is 7.99. The van der Waals surface area contributed by atoms with E-state index in [4.69, 9.17) is 37.0 Å².